The van der Waals surface area contributed by atoms with Gasteiger partial charge in [0.1, 0.15) is 0 Å². The summed E-state index contributed by atoms with van der Waals surface area (Å²) >= 11 is 0. The summed E-state index contributed by atoms with van der Waals surface area (Å²) in [5.74, 6) is -0.0937. The van der Waals surface area contributed by atoms with Crippen LogP contribution in [0, 0.1) is 0 Å². The zero-order valence-electron chi connectivity index (χ0n) is 10.9. The quantitative estimate of drug-likeness (QED) is 0.572. The Hall–Kier alpha value is -1.81. The van der Waals surface area contributed by atoms with E-state index in [4.69, 9.17) is 5.73 Å². The molecule has 0 aliphatic heterocycles. The first-order valence-corrected chi connectivity index (χ1v) is 6.65. The number of hydrogen-bond donors (Lipinski definition) is 3. The maximum atomic E-state index is 11.8. The molecule has 0 bridgehead atoms. The molecule has 4 N–H and O–H groups in total. The number of benzene rings is 1. The van der Waals surface area contributed by atoms with E-state index in [-0.39, 0.29) is 18.1 Å². The number of anilines is 1. The van der Waals surface area contributed by atoms with E-state index < -0.39 is 0 Å². The number of aliphatic hydroxyl groups excluding tert-OH is 1. The summed E-state index contributed by atoms with van der Waals surface area (Å²) in [6, 6.07) is 7.57. The van der Waals surface area contributed by atoms with Crippen LogP contribution in [0.4, 0.5) is 5.69 Å². The summed E-state index contributed by atoms with van der Waals surface area (Å²) in [5, 5.41) is 12.4. The molecule has 4 heteroatoms. The predicted molar refractivity (Wildman–Crippen MR) is 76.3 cm³/mol. The molecular weight excluding hydrogens is 240 g/mol. The van der Waals surface area contributed by atoms with Gasteiger partial charge in [-0.1, -0.05) is 12.1 Å². The summed E-state index contributed by atoms with van der Waals surface area (Å²) in [6.45, 7) is 0. The van der Waals surface area contributed by atoms with Gasteiger partial charge in [-0.15, -0.1) is 0 Å². The average Bonchev–Trinajstić information content (AvgIpc) is 2.39. The first-order chi connectivity index (χ1) is 9.13. The van der Waals surface area contributed by atoms with E-state index >= 15 is 0 Å². The van der Waals surface area contributed by atoms with Crippen LogP contribution in [-0.4, -0.2) is 23.2 Å². The molecule has 1 aromatic rings. The number of nitrogens with one attached hydrogen (secondary N) is 1. The molecule has 0 radical (unpaired) electrons. The monoisotopic (exact) mass is 260 g/mol. The van der Waals surface area contributed by atoms with Gasteiger partial charge in [-0.25, -0.2) is 0 Å². The van der Waals surface area contributed by atoms with E-state index in [0.717, 1.165) is 31.2 Å². The Bertz CT molecular complexity index is 463. The Kier molecular flexibility index (Phi) is 4.58. The lowest BCUT2D eigenvalue weighted by molar-refractivity contribution is -0.117. The van der Waals surface area contributed by atoms with Crippen LogP contribution in [-0.2, 0) is 4.79 Å². The van der Waals surface area contributed by atoms with Crippen LogP contribution < -0.4 is 11.1 Å². The lowest BCUT2D eigenvalue weighted by Crippen LogP contribution is -2.37. The van der Waals surface area contributed by atoms with Gasteiger partial charge in [0.2, 0.25) is 5.91 Å². The molecule has 0 unspecified atom stereocenters. The number of amides is 1. The summed E-state index contributed by atoms with van der Waals surface area (Å²) < 4.78 is 0. The second-order valence-electron chi connectivity index (χ2n) is 5.02. The summed E-state index contributed by atoms with van der Waals surface area (Å²) in [7, 11) is 0. The third-order valence-electron chi connectivity index (χ3n) is 3.38. The van der Waals surface area contributed by atoms with Crippen LogP contribution in [0.15, 0.2) is 30.3 Å². The van der Waals surface area contributed by atoms with Crippen molar-refractivity contribution in [2.45, 2.75) is 37.8 Å². The molecule has 1 aliphatic rings. The topological polar surface area (TPSA) is 75.4 Å². The summed E-state index contributed by atoms with van der Waals surface area (Å²) in [6.07, 6.45) is 6.31. The van der Waals surface area contributed by atoms with Crippen LogP contribution in [0.1, 0.15) is 31.2 Å². The number of carbonyl (C=O) groups excluding carboxylic acids is 1. The Labute approximate surface area is 113 Å². The van der Waals surface area contributed by atoms with Gasteiger partial charge in [-0.2, -0.15) is 0 Å². The van der Waals surface area contributed by atoms with Crippen molar-refractivity contribution in [3.63, 3.8) is 0 Å². The van der Waals surface area contributed by atoms with Crippen LogP contribution in [0.2, 0.25) is 0 Å². The van der Waals surface area contributed by atoms with Gasteiger partial charge >= 0.3 is 0 Å². The fourth-order valence-corrected chi connectivity index (χ4v) is 2.30. The zero-order chi connectivity index (χ0) is 13.7. The molecule has 0 aromatic heterocycles. The summed E-state index contributed by atoms with van der Waals surface area (Å²) in [5.41, 5.74) is 7.26. The summed E-state index contributed by atoms with van der Waals surface area (Å²) in [4.78, 5) is 11.8. The zero-order valence-corrected chi connectivity index (χ0v) is 10.9. The highest BCUT2D eigenvalue weighted by atomic mass is 16.3. The van der Waals surface area contributed by atoms with Crippen molar-refractivity contribution in [1.82, 2.24) is 5.32 Å². The average molecular weight is 260 g/mol. The molecule has 19 heavy (non-hydrogen) atoms. The molecule has 4 nitrogen and oxygen atoms in total. The van der Waals surface area contributed by atoms with Crippen LogP contribution >= 0.6 is 0 Å². The largest absolute Gasteiger partial charge is 0.399 e. The molecule has 2 rings (SSSR count). The second kappa shape index (κ2) is 6.38. The third-order valence-corrected chi connectivity index (χ3v) is 3.38. The smallest absolute Gasteiger partial charge is 0.244 e. The molecule has 0 saturated heterocycles. The molecule has 0 spiro atoms. The number of aliphatic hydroxyl groups is 1. The Morgan fingerprint density at radius 3 is 2.74 bits per heavy atom. The lowest BCUT2D eigenvalue weighted by atomic mass is 9.93. The lowest BCUT2D eigenvalue weighted by Gasteiger charge is -2.25. The molecular formula is C15H20N2O2. The number of rotatable bonds is 3. The van der Waals surface area contributed by atoms with Crippen molar-refractivity contribution in [1.29, 1.82) is 0 Å². The molecule has 0 heterocycles. The fourth-order valence-electron chi connectivity index (χ4n) is 2.30. The van der Waals surface area contributed by atoms with Crippen LogP contribution in [0.5, 0.6) is 0 Å². The molecule has 1 saturated carbocycles. The molecule has 1 aliphatic carbocycles. The number of hydrogen-bond acceptors (Lipinski definition) is 3. The van der Waals surface area contributed by atoms with E-state index in [2.05, 4.69) is 5.32 Å². The number of nitrogen functional groups attached to an aromatic ring is 1. The van der Waals surface area contributed by atoms with Gasteiger partial charge in [0.05, 0.1) is 6.10 Å². The highest BCUT2D eigenvalue weighted by molar-refractivity contribution is 5.92. The van der Waals surface area contributed by atoms with Gasteiger partial charge in [-0.05, 0) is 49.5 Å². The number of carbonyl (C=O) groups is 1. The van der Waals surface area contributed by atoms with E-state index in [1.165, 1.54) is 6.08 Å². The van der Waals surface area contributed by atoms with Crippen molar-refractivity contribution in [2.75, 3.05) is 5.73 Å². The van der Waals surface area contributed by atoms with Gasteiger partial charge in [0.15, 0.2) is 0 Å². The molecule has 1 fully saturated rings. The van der Waals surface area contributed by atoms with Gasteiger partial charge in [0.25, 0.3) is 0 Å². The fraction of sp³-hybridized carbons (Fsp3) is 0.400. The maximum absolute atomic E-state index is 11.8. The normalized spacial score (nSPS) is 23.4. The molecule has 1 amide bonds. The minimum atomic E-state index is -0.198. The standard InChI is InChI=1S/C15H20N2O2/c16-12-3-1-2-11(10-12)4-9-15(19)17-13-5-7-14(18)8-6-13/h1-4,9-10,13-14,18H,5-8,16H2,(H,17,19)/b9-4+. The second-order valence-corrected chi connectivity index (χ2v) is 5.02. The van der Waals surface area contributed by atoms with Crippen molar-refractivity contribution in [3.8, 4) is 0 Å². The van der Waals surface area contributed by atoms with Crippen molar-refractivity contribution >= 4 is 17.7 Å². The van der Waals surface area contributed by atoms with E-state index in [0.29, 0.717) is 5.69 Å². The molecule has 102 valence electrons. The van der Waals surface area contributed by atoms with Crippen molar-refractivity contribution in [3.05, 3.63) is 35.9 Å². The van der Waals surface area contributed by atoms with Crippen molar-refractivity contribution in [2.24, 2.45) is 0 Å². The predicted octanol–water partition coefficient (Wildman–Crippen LogP) is 1.70. The van der Waals surface area contributed by atoms with E-state index in [1.807, 2.05) is 24.3 Å². The first kappa shape index (κ1) is 13.6. The van der Waals surface area contributed by atoms with Crippen molar-refractivity contribution < 1.29 is 9.90 Å². The molecule has 0 atom stereocenters. The highest BCUT2D eigenvalue weighted by Gasteiger charge is 2.19. The third kappa shape index (κ3) is 4.41. The van der Waals surface area contributed by atoms with Gasteiger partial charge < -0.3 is 16.2 Å². The van der Waals surface area contributed by atoms with Crippen LogP contribution in [0.3, 0.4) is 0 Å². The van der Waals surface area contributed by atoms with Gasteiger partial charge in [-0.3, -0.25) is 4.79 Å². The Morgan fingerprint density at radius 1 is 1.32 bits per heavy atom. The van der Waals surface area contributed by atoms with Gasteiger partial charge in [0, 0.05) is 17.8 Å². The van der Waals surface area contributed by atoms with Crippen LogP contribution in [0.25, 0.3) is 6.08 Å². The minimum absolute atomic E-state index is 0.0937. The molecule has 1 aromatic carbocycles. The first-order valence-electron chi connectivity index (χ1n) is 6.65. The Balaban J connectivity index is 1.84. The van der Waals surface area contributed by atoms with E-state index in [9.17, 15) is 9.90 Å². The number of nitrogens with two attached hydrogens (primary N) is 1. The highest BCUT2D eigenvalue weighted by Crippen LogP contribution is 2.18. The Morgan fingerprint density at radius 2 is 2.05 bits per heavy atom. The van der Waals surface area contributed by atoms with E-state index in [1.54, 1.807) is 6.08 Å². The SMILES string of the molecule is Nc1cccc(/C=C/C(=O)NC2CCC(O)CC2)c1. The maximum Gasteiger partial charge on any atom is 0.244 e. The minimum Gasteiger partial charge on any atom is -0.399 e.